The number of rotatable bonds is 13. The van der Waals surface area contributed by atoms with Gasteiger partial charge in [-0.3, -0.25) is 13.9 Å². The van der Waals surface area contributed by atoms with Gasteiger partial charge in [-0.1, -0.05) is 91.3 Å². The summed E-state index contributed by atoms with van der Waals surface area (Å²) in [6.45, 7) is 2.64. The molecule has 1 N–H and O–H groups in total. The third kappa shape index (κ3) is 9.14. The van der Waals surface area contributed by atoms with Crippen LogP contribution in [0, 0.1) is 0 Å². The van der Waals surface area contributed by atoms with Crippen LogP contribution in [0.25, 0.3) is 0 Å². The van der Waals surface area contributed by atoms with Gasteiger partial charge in [0.05, 0.1) is 16.1 Å². The van der Waals surface area contributed by atoms with Gasteiger partial charge in [-0.05, 0) is 60.9 Å². The molecule has 0 aromatic heterocycles. The van der Waals surface area contributed by atoms with Gasteiger partial charge in [0.2, 0.25) is 11.8 Å². The van der Waals surface area contributed by atoms with E-state index in [1.165, 1.54) is 35.2 Å². The molecule has 2 atom stereocenters. The van der Waals surface area contributed by atoms with Crippen molar-refractivity contribution < 1.29 is 31.2 Å². The minimum Gasteiger partial charge on any atom is -0.352 e. The van der Waals surface area contributed by atoms with E-state index < -0.39 is 46.2 Å². The minimum absolute atomic E-state index is 0.0777. The summed E-state index contributed by atoms with van der Waals surface area (Å²) in [6, 6.07) is 25.2. The van der Waals surface area contributed by atoms with Gasteiger partial charge in [0.1, 0.15) is 12.6 Å². The van der Waals surface area contributed by atoms with Gasteiger partial charge in [-0.25, -0.2) is 8.42 Å². The van der Waals surface area contributed by atoms with E-state index in [1.807, 2.05) is 19.9 Å². The van der Waals surface area contributed by atoms with Crippen molar-refractivity contribution in [2.45, 2.75) is 56.4 Å². The molecule has 0 aliphatic rings. The third-order valence-electron chi connectivity index (χ3n) is 7.64. The monoisotopic (exact) mass is 685 g/mol. The van der Waals surface area contributed by atoms with Gasteiger partial charge >= 0.3 is 6.18 Å². The zero-order valence-corrected chi connectivity index (χ0v) is 27.4. The van der Waals surface area contributed by atoms with E-state index in [1.54, 1.807) is 54.6 Å². The van der Waals surface area contributed by atoms with Crippen molar-refractivity contribution in [3.63, 3.8) is 0 Å². The van der Waals surface area contributed by atoms with E-state index in [2.05, 4.69) is 5.32 Å². The summed E-state index contributed by atoms with van der Waals surface area (Å²) in [5.74, 6) is -1.29. The highest BCUT2D eigenvalue weighted by molar-refractivity contribution is 7.92. The highest BCUT2D eigenvalue weighted by Gasteiger charge is 2.36. The quantitative estimate of drug-likeness (QED) is 0.163. The molecular formula is C35H35ClF3N3O4S. The van der Waals surface area contributed by atoms with Crippen molar-refractivity contribution in [3.05, 3.63) is 131 Å². The maximum Gasteiger partial charge on any atom is 0.416 e. The molecule has 4 rings (SSSR count). The number of hydrogen-bond donors (Lipinski definition) is 1. The second kappa shape index (κ2) is 15.5. The Morgan fingerprint density at radius 2 is 1.49 bits per heavy atom. The highest BCUT2D eigenvalue weighted by atomic mass is 35.5. The van der Waals surface area contributed by atoms with Gasteiger partial charge in [-0.2, -0.15) is 13.2 Å². The molecule has 0 spiro atoms. The predicted molar refractivity (Wildman–Crippen MR) is 176 cm³/mol. The lowest BCUT2D eigenvalue weighted by molar-refractivity contribution is -0.140. The maximum absolute atomic E-state index is 14.5. The van der Waals surface area contributed by atoms with Crippen LogP contribution in [0.2, 0.25) is 5.02 Å². The number of anilines is 1. The Kier molecular flexibility index (Phi) is 11.7. The van der Waals surface area contributed by atoms with Crippen LogP contribution in [0.5, 0.6) is 0 Å². The molecule has 0 aliphatic carbocycles. The molecule has 0 aliphatic heterocycles. The van der Waals surface area contributed by atoms with Gasteiger partial charge < -0.3 is 10.2 Å². The second-order valence-corrected chi connectivity index (χ2v) is 13.3. The number of hydrogen-bond acceptors (Lipinski definition) is 4. The van der Waals surface area contributed by atoms with Crippen LogP contribution in [-0.4, -0.2) is 43.8 Å². The summed E-state index contributed by atoms with van der Waals surface area (Å²) in [4.78, 5) is 29.4. The van der Waals surface area contributed by atoms with Crippen LogP contribution >= 0.6 is 11.6 Å². The SMILES string of the molecule is CC[C@@H](C)NC(=O)[C@H](Cc1ccccc1)N(Cc1ccccc1Cl)C(=O)CN(c1cccc(C(F)(F)F)c1)S(=O)(=O)c1ccccc1. The van der Waals surface area contributed by atoms with E-state index in [9.17, 15) is 31.2 Å². The molecule has 0 bridgehead atoms. The number of carbonyl (C=O) groups excluding carboxylic acids is 2. The van der Waals surface area contributed by atoms with E-state index in [0.29, 0.717) is 27.4 Å². The van der Waals surface area contributed by atoms with Gasteiger partial charge in [-0.15, -0.1) is 0 Å². The second-order valence-electron chi connectivity index (χ2n) is 11.0. The first-order valence-corrected chi connectivity index (χ1v) is 16.7. The molecule has 4 aromatic carbocycles. The van der Waals surface area contributed by atoms with E-state index in [-0.39, 0.29) is 29.6 Å². The fraction of sp³-hybridized carbons (Fsp3) is 0.257. The van der Waals surface area contributed by atoms with Crippen LogP contribution < -0.4 is 9.62 Å². The maximum atomic E-state index is 14.5. The largest absolute Gasteiger partial charge is 0.416 e. The standard InChI is InChI=1S/C35H35ClF3N3O4S/c1-3-25(2)40-34(44)32(21-26-13-6-4-7-14-26)41(23-27-15-10-11-20-31(27)36)33(43)24-42(47(45,46)30-18-8-5-9-19-30)29-17-12-16-28(22-29)35(37,38)39/h4-20,22,25,32H,3,21,23-24H2,1-2H3,(H,40,44)/t25-,32+/m1/s1. The molecule has 0 heterocycles. The average Bonchev–Trinajstić information content (AvgIpc) is 3.06. The predicted octanol–water partition coefficient (Wildman–Crippen LogP) is 7.11. The molecule has 0 saturated heterocycles. The molecule has 0 radical (unpaired) electrons. The van der Waals surface area contributed by atoms with Crippen LogP contribution in [0.1, 0.15) is 37.0 Å². The molecule has 12 heteroatoms. The molecule has 0 fully saturated rings. The number of nitrogens with zero attached hydrogens (tertiary/aromatic N) is 2. The summed E-state index contributed by atoms with van der Waals surface area (Å²) in [6.07, 6.45) is -4.08. The fourth-order valence-electron chi connectivity index (χ4n) is 4.89. The summed E-state index contributed by atoms with van der Waals surface area (Å²) in [7, 11) is -4.56. The topological polar surface area (TPSA) is 86.8 Å². The van der Waals surface area contributed by atoms with Gasteiger partial charge in [0.25, 0.3) is 10.0 Å². The van der Waals surface area contributed by atoms with Crippen LogP contribution in [0.4, 0.5) is 18.9 Å². The average molecular weight is 686 g/mol. The number of halogens is 4. The van der Waals surface area contributed by atoms with Crippen molar-refractivity contribution in [3.8, 4) is 0 Å². The molecular weight excluding hydrogens is 651 g/mol. The zero-order chi connectivity index (χ0) is 34.2. The lowest BCUT2D eigenvalue weighted by Gasteiger charge is -2.34. The van der Waals surface area contributed by atoms with E-state index >= 15 is 0 Å². The molecule has 0 unspecified atom stereocenters. The number of carbonyl (C=O) groups is 2. The van der Waals surface area contributed by atoms with Crippen LogP contribution in [0.3, 0.4) is 0 Å². The summed E-state index contributed by atoms with van der Waals surface area (Å²) in [5, 5.41) is 3.25. The minimum atomic E-state index is -4.77. The first-order chi connectivity index (χ1) is 22.3. The van der Waals surface area contributed by atoms with Crippen molar-refractivity contribution in [2.75, 3.05) is 10.8 Å². The highest BCUT2D eigenvalue weighted by Crippen LogP contribution is 2.33. The van der Waals surface area contributed by atoms with Crippen molar-refractivity contribution in [1.29, 1.82) is 0 Å². The Labute approximate surface area is 278 Å². The summed E-state index contributed by atoms with van der Waals surface area (Å²) >= 11 is 6.49. The van der Waals surface area contributed by atoms with Crippen LogP contribution in [-0.2, 0) is 38.8 Å². The number of nitrogens with one attached hydrogen (secondary N) is 1. The Bertz CT molecular complexity index is 1770. The Hall–Kier alpha value is -4.35. The Balaban J connectivity index is 1.85. The van der Waals surface area contributed by atoms with Gasteiger partial charge in [0.15, 0.2) is 0 Å². The van der Waals surface area contributed by atoms with E-state index in [0.717, 1.165) is 17.7 Å². The first kappa shape index (κ1) is 35.5. The van der Waals surface area contributed by atoms with E-state index in [4.69, 9.17) is 11.6 Å². The smallest absolute Gasteiger partial charge is 0.352 e. The van der Waals surface area contributed by atoms with Crippen molar-refractivity contribution in [1.82, 2.24) is 10.2 Å². The first-order valence-electron chi connectivity index (χ1n) is 14.9. The molecule has 2 amide bonds. The number of sulfonamides is 1. The molecule has 7 nitrogen and oxygen atoms in total. The normalized spacial score (nSPS) is 13.0. The van der Waals surface area contributed by atoms with Crippen LogP contribution in [0.15, 0.2) is 114 Å². The Morgan fingerprint density at radius 1 is 0.872 bits per heavy atom. The third-order valence-corrected chi connectivity index (χ3v) is 9.80. The fourth-order valence-corrected chi connectivity index (χ4v) is 6.51. The lowest BCUT2D eigenvalue weighted by Crippen LogP contribution is -2.54. The zero-order valence-electron chi connectivity index (χ0n) is 25.8. The van der Waals surface area contributed by atoms with Gasteiger partial charge in [0, 0.05) is 24.0 Å². The molecule has 0 saturated carbocycles. The number of alkyl halides is 3. The Morgan fingerprint density at radius 3 is 2.11 bits per heavy atom. The summed E-state index contributed by atoms with van der Waals surface area (Å²) < 4.78 is 69.9. The summed E-state index contributed by atoms with van der Waals surface area (Å²) in [5.41, 5.74) is -0.217. The molecule has 248 valence electrons. The van der Waals surface area contributed by atoms with Crippen molar-refractivity contribution >= 4 is 39.1 Å². The molecule has 4 aromatic rings. The molecule has 47 heavy (non-hydrogen) atoms. The number of benzene rings is 4. The van der Waals surface area contributed by atoms with Crippen molar-refractivity contribution in [2.24, 2.45) is 0 Å². The lowest BCUT2D eigenvalue weighted by atomic mass is 10.0. The number of amides is 2.